The van der Waals surface area contributed by atoms with Gasteiger partial charge in [0.05, 0.1) is 5.41 Å². The van der Waals surface area contributed by atoms with Gasteiger partial charge in [-0.15, -0.1) is 0 Å². The van der Waals surface area contributed by atoms with Crippen molar-refractivity contribution in [3.05, 3.63) is 130 Å². The van der Waals surface area contributed by atoms with Gasteiger partial charge in [0.2, 0.25) is 0 Å². The van der Waals surface area contributed by atoms with E-state index in [-0.39, 0.29) is 5.41 Å². The molecule has 2 heteroatoms. The van der Waals surface area contributed by atoms with Crippen LogP contribution in [0.1, 0.15) is 22.3 Å². The van der Waals surface area contributed by atoms with Gasteiger partial charge in [0.25, 0.3) is 0 Å². The third-order valence-corrected chi connectivity index (χ3v) is 5.89. The maximum absolute atomic E-state index is 3.70. The predicted molar refractivity (Wildman–Crippen MR) is 116 cm³/mol. The molecular formula is C25H18BrN. The molecule has 1 nitrogen and oxygen atoms in total. The summed E-state index contributed by atoms with van der Waals surface area (Å²) in [5.74, 6) is 0. The van der Waals surface area contributed by atoms with Crippen LogP contribution in [0.4, 0.5) is 11.4 Å². The van der Waals surface area contributed by atoms with Crippen LogP contribution in [-0.2, 0) is 5.41 Å². The highest BCUT2D eigenvalue weighted by atomic mass is 79.9. The second kappa shape index (κ2) is 6.40. The molecule has 4 aromatic rings. The van der Waals surface area contributed by atoms with Crippen LogP contribution in [0.15, 0.2) is 108 Å². The minimum atomic E-state index is -0.372. The van der Waals surface area contributed by atoms with Crippen LogP contribution in [0.25, 0.3) is 0 Å². The zero-order chi connectivity index (χ0) is 18.3. The molecule has 1 aliphatic heterocycles. The van der Waals surface area contributed by atoms with Gasteiger partial charge in [-0.2, -0.15) is 0 Å². The van der Waals surface area contributed by atoms with Gasteiger partial charge >= 0.3 is 0 Å². The van der Waals surface area contributed by atoms with Gasteiger partial charge in [-0.05, 0) is 46.5 Å². The van der Waals surface area contributed by atoms with Gasteiger partial charge in [0.1, 0.15) is 0 Å². The lowest BCUT2D eigenvalue weighted by atomic mass is 9.63. The molecule has 130 valence electrons. The topological polar surface area (TPSA) is 12.0 Å². The van der Waals surface area contributed by atoms with Crippen molar-refractivity contribution in [2.24, 2.45) is 0 Å². The fourth-order valence-electron chi connectivity index (χ4n) is 4.31. The molecule has 0 saturated carbocycles. The van der Waals surface area contributed by atoms with E-state index in [4.69, 9.17) is 0 Å². The third kappa shape index (κ3) is 2.44. The standard InChI is InChI=1S/C25H18BrN/c26-20-15-16-24-22(17-20)25(18-9-3-1-4-10-18,19-11-5-2-6-12-19)21-13-7-8-14-23(21)27-24/h1-17,27H. The molecule has 0 saturated heterocycles. The first-order chi connectivity index (χ1) is 13.3. The zero-order valence-electron chi connectivity index (χ0n) is 14.7. The van der Waals surface area contributed by atoms with Crippen LogP contribution < -0.4 is 5.32 Å². The fourth-order valence-corrected chi connectivity index (χ4v) is 4.67. The Morgan fingerprint density at radius 3 is 1.78 bits per heavy atom. The van der Waals surface area contributed by atoms with Gasteiger partial charge in [-0.25, -0.2) is 0 Å². The highest BCUT2D eigenvalue weighted by Crippen LogP contribution is 2.53. The van der Waals surface area contributed by atoms with Crippen molar-refractivity contribution in [2.45, 2.75) is 5.41 Å². The lowest BCUT2D eigenvalue weighted by Crippen LogP contribution is -2.35. The molecule has 0 bridgehead atoms. The van der Waals surface area contributed by atoms with Crippen LogP contribution in [-0.4, -0.2) is 0 Å². The number of para-hydroxylation sites is 1. The molecule has 1 heterocycles. The van der Waals surface area contributed by atoms with Crippen LogP contribution in [0.5, 0.6) is 0 Å². The van der Waals surface area contributed by atoms with Gasteiger partial charge in [-0.1, -0.05) is 94.8 Å². The van der Waals surface area contributed by atoms with E-state index in [1.807, 2.05) is 0 Å². The number of halogens is 1. The quantitative estimate of drug-likeness (QED) is 0.333. The molecule has 1 aliphatic rings. The maximum Gasteiger partial charge on any atom is 0.0742 e. The normalized spacial score (nSPS) is 14.0. The number of rotatable bonds is 2. The van der Waals surface area contributed by atoms with Crippen molar-refractivity contribution in [1.29, 1.82) is 0 Å². The molecule has 4 aromatic carbocycles. The Balaban J connectivity index is 1.98. The SMILES string of the molecule is Brc1ccc2c(c1)C(c1ccccc1)(c1ccccc1)c1ccccc1N2. The first-order valence-corrected chi connectivity index (χ1v) is 9.87. The molecule has 0 fully saturated rings. The summed E-state index contributed by atoms with van der Waals surface area (Å²) < 4.78 is 1.08. The van der Waals surface area contributed by atoms with E-state index < -0.39 is 0 Å². The molecule has 0 radical (unpaired) electrons. The third-order valence-electron chi connectivity index (χ3n) is 5.40. The Morgan fingerprint density at radius 2 is 1.11 bits per heavy atom. The summed E-state index contributed by atoms with van der Waals surface area (Å²) in [6, 6.07) is 36.8. The molecule has 5 rings (SSSR count). The van der Waals surface area contributed by atoms with Crippen molar-refractivity contribution >= 4 is 27.3 Å². The molecule has 0 aromatic heterocycles. The predicted octanol–water partition coefficient (Wildman–Crippen LogP) is 6.89. The Kier molecular flexibility index (Phi) is 3.87. The highest BCUT2D eigenvalue weighted by molar-refractivity contribution is 9.10. The Labute approximate surface area is 167 Å². The van der Waals surface area contributed by atoms with Crippen LogP contribution in [0.3, 0.4) is 0 Å². The number of hydrogen-bond donors (Lipinski definition) is 1. The summed E-state index contributed by atoms with van der Waals surface area (Å²) in [6.07, 6.45) is 0. The van der Waals surface area contributed by atoms with E-state index in [2.05, 4.69) is 124 Å². The van der Waals surface area contributed by atoms with E-state index in [0.29, 0.717) is 0 Å². The first kappa shape index (κ1) is 16.3. The zero-order valence-corrected chi connectivity index (χ0v) is 16.3. The monoisotopic (exact) mass is 411 g/mol. The highest BCUT2D eigenvalue weighted by Gasteiger charge is 2.43. The Hall–Kier alpha value is -2.84. The molecule has 1 N–H and O–H groups in total. The number of benzene rings is 4. The van der Waals surface area contributed by atoms with E-state index in [9.17, 15) is 0 Å². The van der Waals surface area contributed by atoms with Crippen molar-refractivity contribution in [2.75, 3.05) is 5.32 Å². The summed E-state index contributed by atoms with van der Waals surface area (Å²) in [5, 5.41) is 3.64. The van der Waals surface area contributed by atoms with Crippen LogP contribution >= 0.6 is 15.9 Å². The maximum atomic E-state index is 3.70. The van der Waals surface area contributed by atoms with Crippen LogP contribution in [0.2, 0.25) is 0 Å². The molecule has 27 heavy (non-hydrogen) atoms. The lowest BCUT2D eigenvalue weighted by Gasteiger charge is -2.42. The number of fused-ring (bicyclic) bond motifs is 2. The summed E-state index contributed by atoms with van der Waals surface area (Å²) in [6.45, 7) is 0. The molecule has 0 unspecified atom stereocenters. The van der Waals surface area contributed by atoms with Gasteiger partial charge in [0, 0.05) is 15.8 Å². The molecule has 0 aliphatic carbocycles. The second-order valence-corrected chi connectivity index (χ2v) is 7.76. The van der Waals surface area contributed by atoms with E-state index >= 15 is 0 Å². The first-order valence-electron chi connectivity index (χ1n) is 9.08. The Bertz CT molecular complexity index is 1060. The van der Waals surface area contributed by atoms with Crippen molar-refractivity contribution in [3.8, 4) is 0 Å². The summed E-state index contributed by atoms with van der Waals surface area (Å²) in [5.41, 5.74) is 6.99. The largest absolute Gasteiger partial charge is 0.355 e. The number of hydrogen-bond acceptors (Lipinski definition) is 1. The van der Waals surface area contributed by atoms with Gasteiger partial charge in [0.15, 0.2) is 0 Å². The average molecular weight is 412 g/mol. The van der Waals surface area contributed by atoms with Crippen molar-refractivity contribution in [1.82, 2.24) is 0 Å². The lowest BCUT2D eigenvalue weighted by molar-refractivity contribution is 0.740. The summed E-state index contributed by atoms with van der Waals surface area (Å²) >= 11 is 3.70. The van der Waals surface area contributed by atoms with Gasteiger partial charge < -0.3 is 5.32 Å². The molecule has 0 atom stereocenters. The summed E-state index contributed by atoms with van der Waals surface area (Å²) in [7, 11) is 0. The Morgan fingerprint density at radius 1 is 0.556 bits per heavy atom. The van der Waals surface area contributed by atoms with E-state index in [1.165, 1.54) is 22.3 Å². The summed E-state index contributed by atoms with van der Waals surface area (Å²) in [4.78, 5) is 0. The minimum Gasteiger partial charge on any atom is -0.355 e. The van der Waals surface area contributed by atoms with E-state index in [0.717, 1.165) is 15.8 Å². The smallest absolute Gasteiger partial charge is 0.0742 e. The number of nitrogens with one attached hydrogen (secondary N) is 1. The van der Waals surface area contributed by atoms with Crippen molar-refractivity contribution < 1.29 is 0 Å². The van der Waals surface area contributed by atoms with E-state index in [1.54, 1.807) is 0 Å². The molecule has 0 spiro atoms. The second-order valence-electron chi connectivity index (χ2n) is 6.84. The fraction of sp³-hybridized carbons (Fsp3) is 0.0400. The average Bonchev–Trinajstić information content (AvgIpc) is 2.73. The minimum absolute atomic E-state index is 0.372. The molecule has 0 amide bonds. The van der Waals surface area contributed by atoms with Crippen molar-refractivity contribution in [3.63, 3.8) is 0 Å². The number of anilines is 2. The molecular weight excluding hydrogens is 394 g/mol. The van der Waals surface area contributed by atoms with Gasteiger partial charge in [-0.3, -0.25) is 0 Å². The van der Waals surface area contributed by atoms with Crippen LogP contribution in [0, 0.1) is 0 Å².